The Balaban J connectivity index is 1.46. The fourth-order valence-corrected chi connectivity index (χ4v) is 10.5. The lowest BCUT2D eigenvalue weighted by Crippen LogP contribution is -2.64. The minimum atomic E-state index is -1.29. The molecule has 9 heteroatoms. The molecule has 10 atom stereocenters. The predicted octanol–water partition coefficient (Wildman–Crippen LogP) is 7.29. The highest BCUT2D eigenvalue weighted by Gasteiger charge is 2.84. The fraction of sp³-hybridized carbons (Fsp3) is 0.771. The first-order valence-electron chi connectivity index (χ1n) is 16.6. The number of hydrogen-bond acceptors (Lipinski definition) is 7. The maximum Gasteiger partial charge on any atom is 0.320 e. The van der Waals surface area contributed by atoms with E-state index in [0.29, 0.717) is 38.1 Å². The van der Waals surface area contributed by atoms with Crippen molar-refractivity contribution in [2.24, 2.45) is 45.8 Å². The summed E-state index contributed by atoms with van der Waals surface area (Å²) in [6.45, 7) is 20.5. The zero-order chi connectivity index (χ0) is 32.1. The lowest BCUT2D eigenvalue weighted by atomic mass is 9.43. The lowest BCUT2D eigenvalue weighted by Gasteiger charge is -2.59. The highest BCUT2D eigenvalue weighted by Crippen LogP contribution is 2.82. The van der Waals surface area contributed by atoms with Crippen LogP contribution in [0.5, 0.6) is 0 Å². The Labute approximate surface area is 273 Å². The van der Waals surface area contributed by atoms with Gasteiger partial charge in [-0.3, -0.25) is 4.79 Å². The molecule has 3 saturated carbocycles. The molecule has 0 unspecified atom stereocenters. The molecule has 4 aliphatic carbocycles. The quantitative estimate of drug-likeness (QED) is 0.0472. The predicted molar refractivity (Wildman–Crippen MR) is 177 cm³/mol. The van der Waals surface area contributed by atoms with Gasteiger partial charge in [0.25, 0.3) is 0 Å². The van der Waals surface area contributed by atoms with Crippen LogP contribution >= 0.6 is 15.9 Å². The summed E-state index contributed by atoms with van der Waals surface area (Å²) in [4.78, 5) is 28.4. The van der Waals surface area contributed by atoms with Gasteiger partial charge >= 0.3 is 5.97 Å². The van der Waals surface area contributed by atoms with Gasteiger partial charge in [0.1, 0.15) is 17.8 Å². The first-order valence-corrected chi connectivity index (χ1v) is 21.1. The first-order chi connectivity index (χ1) is 20.7. The molecule has 0 radical (unpaired) electrons. The van der Waals surface area contributed by atoms with Crippen molar-refractivity contribution < 1.29 is 33.3 Å². The van der Waals surface area contributed by atoms with E-state index in [9.17, 15) is 9.59 Å². The van der Waals surface area contributed by atoms with Gasteiger partial charge in [0.2, 0.25) is 0 Å². The third-order valence-electron chi connectivity index (χ3n) is 11.6. The van der Waals surface area contributed by atoms with Crippen LogP contribution in [0.3, 0.4) is 0 Å². The average Bonchev–Trinajstić information content (AvgIpc) is 3.52. The van der Waals surface area contributed by atoms with E-state index < -0.39 is 30.6 Å². The zero-order valence-electron chi connectivity index (χ0n) is 27.7. The Morgan fingerprint density at radius 2 is 1.93 bits per heavy atom. The highest BCUT2D eigenvalue weighted by molar-refractivity contribution is 9.11. The van der Waals surface area contributed by atoms with Gasteiger partial charge in [-0.05, 0) is 67.9 Å². The van der Waals surface area contributed by atoms with Crippen molar-refractivity contribution in [3.05, 3.63) is 34.9 Å². The van der Waals surface area contributed by atoms with Crippen LogP contribution in [-0.4, -0.2) is 65.4 Å². The summed E-state index contributed by atoms with van der Waals surface area (Å²) in [5, 5.41) is 0. The van der Waals surface area contributed by atoms with E-state index in [1.807, 2.05) is 19.1 Å². The second kappa shape index (κ2) is 12.8. The molecular weight excluding hydrogens is 640 g/mol. The number of halogens is 1. The van der Waals surface area contributed by atoms with E-state index >= 15 is 0 Å². The summed E-state index contributed by atoms with van der Waals surface area (Å²) in [5.41, 5.74) is -1.44. The molecule has 1 aliphatic heterocycles. The molecule has 7 nitrogen and oxygen atoms in total. The number of ether oxygens (including phenoxy) is 5. The molecule has 0 aromatic rings. The number of aldehydes is 1. The normalized spacial score (nSPS) is 40.7. The molecule has 0 spiro atoms. The van der Waals surface area contributed by atoms with E-state index in [1.165, 1.54) is 0 Å². The van der Waals surface area contributed by atoms with Crippen LogP contribution in [0.1, 0.15) is 53.4 Å². The van der Waals surface area contributed by atoms with Crippen molar-refractivity contribution >= 4 is 36.3 Å². The summed E-state index contributed by atoms with van der Waals surface area (Å²) in [6.07, 6.45) is 9.91. The molecule has 246 valence electrons. The van der Waals surface area contributed by atoms with Gasteiger partial charge < -0.3 is 28.5 Å². The molecule has 0 N–H and O–H groups in total. The number of fused-ring (bicyclic) bond motifs is 2. The maximum absolute atomic E-state index is 14.8. The Bertz CT molecular complexity index is 1180. The molecular formula is C35H53BrO7Si. The van der Waals surface area contributed by atoms with Gasteiger partial charge in [-0.1, -0.05) is 87.1 Å². The standard InChI is InChI=1S/C35H53BrO7Si/c1-22(2)29-15-26-16-33(19-37)28-10-9-23(3)27(28)17-34(26,35(29,33)32(38)42-21-39-13-14-44(6,7)8)20-41-31-12-11-30(25(5)43-31)40-18-24(4)36/h11-12,15,19,22-23,25-28,30-31H,4,9-10,13-14,16-18,20-21H2,1-3,5-8H3/t23-,25-,26-,27-,28-,30+,31-,33+,34+,35+/m1/s1. The number of rotatable bonds is 14. The van der Waals surface area contributed by atoms with Crippen molar-refractivity contribution in [1.82, 2.24) is 0 Å². The molecule has 0 saturated heterocycles. The summed E-state index contributed by atoms with van der Waals surface area (Å²) >= 11 is 3.35. The molecule has 0 amide bonds. The Hall–Kier alpha value is -1.10. The zero-order valence-corrected chi connectivity index (χ0v) is 30.3. The fourth-order valence-electron chi connectivity index (χ4n) is 9.64. The van der Waals surface area contributed by atoms with E-state index in [2.05, 4.69) is 69.0 Å². The van der Waals surface area contributed by atoms with Crippen LogP contribution in [0.4, 0.5) is 0 Å². The minimum Gasteiger partial charge on any atom is -0.438 e. The molecule has 0 aromatic carbocycles. The molecule has 0 aromatic heterocycles. The van der Waals surface area contributed by atoms with Gasteiger partial charge in [-0.25, -0.2) is 0 Å². The number of allylic oxidation sites excluding steroid dienone is 1. The Kier molecular flexibility index (Phi) is 9.99. The van der Waals surface area contributed by atoms with E-state index in [1.54, 1.807) is 0 Å². The van der Waals surface area contributed by atoms with Crippen LogP contribution in [0.25, 0.3) is 0 Å². The third kappa shape index (κ3) is 5.59. The van der Waals surface area contributed by atoms with Crippen LogP contribution < -0.4 is 0 Å². The summed E-state index contributed by atoms with van der Waals surface area (Å²) in [7, 11) is -1.29. The van der Waals surface area contributed by atoms with Crippen molar-refractivity contribution in [1.29, 1.82) is 0 Å². The van der Waals surface area contributed by atoms with Crippen LogP contribution in [0, 0.1) is 45.8 Å². The summed E-state index contributed by atoms with van der Waals surface area (Å²) in [5.74, 6) is 0.835. The van der Waals surface area contributed by atoms with Gasteiger partial charge in [-0.2, -0.15) is 0 Å². The Morgan fingerprint density at radius 3 is 2.57 bits per heavy atom. The van der Waals surface area contributed by atoms with E-state index in [4.69, 9.17) is 23.7 Å². The van der Waals surface area contributed by atoms with E-state index in [0.717, 1.165) is 41.6 Å². The van der Waals surface area contributed by atoms with Gasteiger partial charge in [-0.15, -0.1) is 0 Å². The van der Waals surface area contributed by atoms with Crippen molar-refractivity contribution in [3.8, 4) is 0 Å². The largest absolute Gasteiger partial charge is 0.438 e. The smallest absolute Gasteiger partial charge is 0.320 e. The second-order valence-electron chi connectivity index (χ2n) is 15.6. The SMILES string of the molecule is C=C(Br)CO[C@H]1C=C[C@H](OC[C@@]23C[C@@H]4[C@H](C)CC[C@H]4[C@@]4(C=O)C[C@H]2C=C(C(C)C)[C@@]34C(=O)OCOCC[Si](C)(C)C)O[C@@H]1C. The Morgan fingerprint density at radius 1 is 1.18 bits per heavy atom. The van der Waals surface area contributed by atoms with Crippen molar-refractivity contribution in [3.63, 3.8) is 0 Å². The first kappa shape index (κ1) is 34.2. The van der Waals surface area contributed by atoms with Crippen molar-refractivity contribution in [2.45, 2.75) is 97.6 Å². The molecule has 5 aliphatic rings. The highest BCUT2D eigenvalue weighted by atomic mass is 79.9. The number of esters is 1. The molecule has 4 bridgehead atoms. The number of carbonyl (C=O) groups excluding carboxylic acids is 2. The van der Waals surface area contributed by atoms with Gasteiger partial charge in [0.05, 0.1) is 24.7 Å². The number of hydrogen-bond donors (Lipinski definition) is 0. The molecule has 5 rings (SSSR count). The van der Waals surface area contributed by atoms with Crippen molar-refractivity contribution in [2.75, 3.05) is 26.6 Å². The third-order valence-corrected chi connectivity index (χ3v) is 13.5. The van der Waals surface area contributed by atoms with Gasteiger partial charge in [0.15, 0.2) is 13.1 Å². The lowest BCUT2D eigenvalue weighted by molar-refractivity contribution is -0.220. The average molecular weight is 694 g/mol. The molecule has 44 heavy (non-hydrogen) atoms. The monoisotopic (exact) mass is 692 g/mol. The van der Waals surface area contributed by atoms with Gasteiger partial charge in [0, 0.05) is 24.6 Å². The summed E-state index contributed by atoms with van der Waals surface area (Å²) in [6, 6.07) is 0.997. The summed E-state index contributed by atoms with van der Waals surface area (Å²) < 4.78 is 31.6. The topological polar surface area (TPSA) is 80.3 Å². The maximum atomic E-state index is 14.8. The van der Waals surface area contributed by atoms with Crippen LogP contribution in [-0.2, 0) is 33.3 Å². The number of carbonyl (C=O) groups is 2. The molecule has 3 fully saturated rings. The second-order valence-corrected chi connectivity index (χ2v) is 22.4. The molecule has 1 heterocycles. The van der Waals surface area contributed by atoms with Crippen LogP contribution in [0.2, 0.25) is 25.7 Å². The van der Waals surface area contributed by atoms with Crippen LogP contribution in [0.15, 0.2) is 34.9 Å². The van der Waals surface area contributed by atoms with E-state index in [-0.39, 0.29) is 42.7 Å². The minimum absolute atomic E-state index is 0.0503.